The molecule has 2 rings (SSSR count). The molecule has 134 valence electrons. The minimum Gasteiger partial charge on any atom is -0.388 e. The Bertz CT molecular complexity index is 670. The third-order valence-electron chi connectivity index (χ3n) is 4.34. The van der Waals surface area contributed by atoms with Crippen molar-refractivity contribution in [2.24, 2.45) is 5.73 Å². The number of aromatic nitrogens is 2. The maximum Gasteiger partial charge on any atom is 0.328 e. The summed E-state index contributed by atoms with van der Waals surface area (Å²) in [4.78, 5) is 36.9. The van der Waals surface area contributed by atoms with Crippen LogP contribution in [0.15, 0.2) is 21.9 Å². The van der Waals surface area contributed by atoms with Crippen LogP contribution in [-0.4, -0.2) is 50.5 Å². The number of hydrogen-bond donors (Lipinski definition) is 5. The minimum absolute atomic E-state index is 0.195. The van der Waals surface area contributed by atoms with E-state index in [0.29, 0.717) is 32.2 Å². The lowest BCUT2D eigenvalue weighted by Crippen LogP contribution is -2.55. The molecule has 0 saturated heterocycles. The average molecular weight is 340 g/mol. The van der Waals surface area contributed by atoms with Gasteiger partial charge in [-0.25, -0.2) is 4.79 Å². The fourth-order valence-corrected chi connectivity index (χ4v) is 3.02. The fourth-order valence-electron chi connectivity index (χ4n) is 3.02. The molecular weight excluding hydrogens is 316 g/mol. The summed E-state index contributed by atoms with van der Waals surface area (Å²) in [5.74, 6) is -0.195. The Hall–Kier alpha value is -1.97. The van der Waals surface area contributed by atoms with Crippen molar-refractivity contribution in [1.29, 1.82) is 0 Å². The van der Waals surface area contributed by atoms with Crippen LogP contribution in [-0.2, 0) is 4.79 Å². The Labute approximate surface area is 138 Å². The van der Waals surface area contributed by atoms with Gasteiger partial charge in [0.1, 0.15) is 12.2 Å². The summed E-state index contributed by atoms with van der Waals surface area (Å²) in [5, 5.41) is 23.3. The molecule has 9 heteroatoms. The molecule has 1 aliphatic rings. The molecule has 24 heavy (non-hydrogen) atoms. The second kappa shape index (κ2) is 8.22. The van der Waals surface area contributed by atoms with Gasteiger partial charge in [0.15, 0.2) is 0 Å². The van der Waals surface area contributed by atoms with Crippen LogP contribution in [0.4, 0.5) is 0 Å². The number of carbonyl (C=O) groups excluding carboxylic acids is 1. The van der Waals surface area contributed by atoms with E-state index in [2.05, 4.69) is 10.3 Å². The van der Waals surface area contributed by atoms with Crippen molar-refractivity contribution in [3.63, 3.8) is 0 Å². The number of nitrogens with one attached hydrogen (secondary N) is 2. The second-order valence-electron chi connectivity index (χ2n) is 6.06. The van der Waals surface area contributed by atoms with Gasteiger partial charge in [-0.05, 0) is 32.2 Å². The van der Waals surface area contributed by atoms with Crippen molar-refractivity contribution >= 4 is 5.91 Å². The van der Waals surface area contributed by atoms with E-state index >= 15 is 0 Å². The number of nitrogens with zero attached hydrogens (tertiary/aromatic N) is 1. The molecule has 1 heterocycles. The zero-order valence-electron chi connectivity index (χ0n) is 13.4. The summed E-state index contributed by atoms with van der Waals surface area (Å²) in [6.07, 6.45) is 1.42. The number of H-pyrrole nitrogens is 1. The molecule has 1 aliphatic carbocycles. The van der Waals surface area contributed by atoms with Crippen LogP contribution >= 0.6 is 0 Å². The summed E-state index contributed by atoms with van der Waals surface area (Å²) in [6.45, 7) is 0.521. The predicted octanol–water partition coefficient (Wildman–Crippen LogP) is -1.79. The molecule has 1 fully saturated rings. The summed E-state index contributed by atoms with van der Waals surface area (Å²) in [5.41, 5.74) is 4.22. The quantitative estimate of drug-likeness (QED) is 0.386. The van der Waals surface area contributed by atoms with Crippen LogP contribution in [0.25, 0.3) is 0 Å². The number of nitrogens with two attached hydrogens (primary N) is 1. The fraction of sp³-hybridized carbons (Fsp3) is 0.667. The van der Waals surface area contributed by atoms with E-state index in [1.807, 2.05) is 0 Å². The Morgan fingerprint density at radius 3 is 2.71 bits per heavy atom. The number of carbonyl (C=O) groups is 1. The zero-order valence-corrected chi connectivity index (χ0v) is 13.4. The average Bonchev–Trinajstić information content (AvgIpc) is 2.53. The van der Waals surface area contributed by atoms with Gasteiger partial charge in [-0.2, -0.15) is 0 Å². The Morgan fingerprint density at radius 1 is 1.29 bits per heavy atom. The highest BCUT2D eigenvalue weighted by atomic mass is 16.3. The van der Waals surface area contributed by atoms with Gasteiger partial charge in [-0.1, -0.05) is 0 Å². The molecule has 0 unspecified atom stereocenters. The normalized spacial score (nSPS) is 27.0. The Morgan fingerprint density at radius 2 is 2.04 bits per heavy atom. The summed E-state index contributed by atoms with van der Waals surface area (Å²) < 4.78 is 1.20. The number of rotatable bonds is 6. The van der Waals surface area contributed by atoms with E-state index < -0.39 is 35.5 Å². The molecule has 0 spiro atoms. The number of aliphatic hydroxyl groups is 2. The number of unbranched alkanes of at least 4 members (excludes halogenated alkanes) is 1. The van der Waals surface area contributed by atoms with Gasteiger partial charge in [-0.3, -0.25) is 19.1 Å². The van der Waals surface area contributed by atoms with Gasteiger partial charge < -0.3 is 21.3 Å². The Kier molecular flexibility index (Phi) is 6.29. The topological polar surface area (TPSA) is 150 Å². The van der Waals surface area contributed by atoms with Crippen LogP contribution in [0.1, 0.15) is 38.1 Å². The van der Waals surface area contributed by atoms with Gasteiger partial charge in [-0.15, -0.1) is 0 Å². The molecule has 0 bridgehead atoms. The van der Waals surface area contributed by atoms with E-state index in [0.717, 1.165) is 6.42 Å². The summed E-state index contributed by atoms with van der Waals surface area (Å²) >= 11 is 0. The molecular formula is C15H24N4O5. The van der Waals surface area contributed by atoms with E-state index in [1.54, 1.807) is 0 Å². The van der Waals surface area contributed by atoms with Crippen molar-refractivity contribution in [1.82, 2.24) is 14.9 Å². The highest BCUT2D eigenvalue weighted by Gasteiger charge is 2.39. The number of aromatic amines is 1. The van der Waals surface area contributed by atoms with Crippen LogP contribution in [0, 0.1) is 0 Å². The predicted molar refractivity (Wildman–Crippen MR) is 86.4 cm³/mol. The van der Waals surface area contributed by atoms with Crippen molar-refractivity contribution in [3.05, 3.63) is 33.1 Å². The molecule has 1 aromatic rings. The zero-order chi connectivity index (χ0) is 17.7. The van der Waals surface area contributed by atoms with Crippen molar-refractivity contribution in [3.8, 4) is 0 Å². The SMILES string of the molecule is NCCCCC(=O)N[C@@H]1CC[C@@H](n2ccc(=O)[nH]c2=O)[C@@H](O)[C@@H]1O. The first-order chi connectivity index (χ1) is 11.4. The maximum absolute atomic E-state index is 11.8. The lowest BCUT2D eigenvalue weighted by molar-refractivity contribution is -0.125. The first-order valence-corrected chi connectivity index (χ1v) is 8.11. The first-order valence-electron chi connectivity index (χ1n) is 8.11. The minimum atomic E-state index is -1.23. The molecule has 1 amide bonds. The molecule has 9 nitrogen and oxygen atoms in total. The third-order valence-corrected chi connectivity index (χ3v) is 4.34. The smallest absolute Gasteiger partial charge is 0.328 e. The monoisotopic (exact) mass is 340 g/mol. The molecule has 0 aromatic carbocycles. The van der Waals surface area contributed by atoms with E-state index in [-0.39, 0.29) is 5.91 Å². The van der Waals surface area contributed by atoms with E-state index in [9.17, 15) is 24.6 Å². The lowest BCUT2D eigenvalue weighted by atomic mass is 9.85. The highest BCUT2D eigenvalue weighted by Crippen LogP contribution is 2.28. The van der Waals surface area contributed by atoms with Gasteiger partial charge in [0.05, 0.1) is 12.1 Å². The summed E-state index contributed by atoms with van der Waals surface area (Å²) in [7, 11) is 0. The first kappa shape index (κ1) is 18.4. The summed E-state index contributed by atoms with van der Waals surface area (Å²) in [6, 6.07) is -0.0407. The van der Waals surface area contributed by atoms with Gasteiger partial charge in [0, 0.05) is 18.7 Å². The van der Waals surface area contributed by atoms with Crippen LogP contribution in [0.5, 0.6) is 0 Å². The molecule has 4 atom stereocenters. The van der Waals surface area contributed by atoms with Gasteiger partial charge >= 0.3 is 5.69 Å². The third kappa shape index (κ3) is 4.31. The van der Waals surface area contributed by atoms with Gasteiger partial charge in [0.2, 0.25) is 5.91 Å². The molecule has 0 aliphatic heterocycles. The highest BCUT2D eigenvalue weighted by molar-refractivity contribution is 5.76. The van der Waals surface area contributed by atoms with Crippen LogP contribution < -0.4 is 22.3 Å². The molecule has 0 radical (unpaired) electrons. The second-order valence-corrected chi connectivity index (χ2v) is 6.06. The van der Waals surface area contributed by atoms with Crippen LogP contribution in [0.2, 0.25) is 0 Å². The van der Waals surface area contributed by atoms with Gasteiger partial charge in [0.25, 0.3) is 5.56 Å². The number of amides is 1. The van der Waals surface area contributed by atoms with Crippen LogP contribution in [0.3, 0.4) is 0 Å². The molecule has 1 saturated carbocycles. The number of aliphatic hydroxyl groups excluding tert-OH is 2. The standard InChI is InChI=1S/C15H24N4O5/c16-7-2-1-3-11(20)17-9-4-5-10(14(23)13(9)22)19-8-6-12(21)18-15(19)24/h6,8-10,13-14,22-23H,1-5,7,16H2,(H,17,20)(H,18,21,24)/t9-,10-,13-,14-/m1/s1. The number of hydrogen-bond acceptors (Lipinski definition) is 6. The Balaban J connectivity index is 2.00. The van der Waals surface area contributed by atoms with Crippen molar-refractivity contribution < 1.29 is 15.0 Å². The van der Waals surface area contributed by atoms with E-state index in [1.165, 1.54) is 16.8 Å². The lowest BCUT2D eigenvalue weighted by Gasteiger charge is -2.38. The van der Waals surface area contributed by atoms with Crippen molar-refractivity contribution in [2.45, 2.75) is 56.4 Å². The van der Waals surface area contributed by atoms with Crippen molar-refractivity contribution in [2.75, 3.05) is 6.54 Å². The van der Waals surface area contributed by atoms with E-state index in [4.69, 9.17) is 5.73 Å². The molecule has 1 aromatic heterocycles. The maximum atomic E-state index is 11.8. The largest absolute Gasteiger partial charge is 0.388 e. The molecule has 6 N–H and O–H groups in total.